The van der Waals surface area contributed by atoms with Crippen LogP contribution in [-0.4, -0.2) is 35.1 Å². The van der Waals surface area contributed by atoms with Crippen molar-refractivity contribution in [3.63, 3.8) is 0 Å². The Morgan fingerprint density at radius 1 is 1.23 bits per heavy atom. The van der Waals surface area contributed by atoms with Gasteiger partial charge in [0.05, 0.1) is 7.11 Å². The van der Waals surface area contributed by atoms with Gasteiger partial charge in [-0.2, -0.15) is 0 Å². The Morgan fingerprint density at radius 3 is 2.85 bits per heavy atom. The van der Waals surface area contributed by atoms with Crippen molar-refractivity contribution in [2.24, 2.45) is 0 Å². The Labute approximate surface area is 153 Å². The largest absolute Gasteiger partial charge is 0.508 e. The first-order valence-electron chi connectivity index (χ1n) is 9.08. The van der Waals surface area contributed by atoms with Crippen LogP contribution < -0.4 is 10.1 Å². The maximum absolute atomic E-state index is 13.1. The minimum Gasteiger partial charge on any atom is -0.508 e. The number of nitrogens with one attached hydrogen (secondary N) is 1. The maximum Gasteiger partial charge on any atom is 0.241 e. The molecule has 2 aromatic carbocycles. The lowest BCUT2D eigenvalue weighted by molar-refractivity contribution is -0.132. The monoisotopic (exact) mass is 352 g/mol. The Bertz CT molecular complexity index is 836. The summed E-state index contributed by atoms with van der Waals surface area (Å²) in [7, 11) is 1.60. The van der Waals surface area contributed by atoms with E-state index in [0.29, 0.717) is 18.8 Å². The molecular formula is C21H24N2O3. The van der Waals surface area contributed by atoms with E-state index in [2.05, 4.69) is 22.3 Å². The molecule has 136 valence electrons. The first-order chi connectivity index (χ1) is 12.6. The molecule has 2 aliphatic rings. The van der Waals surface area contributed by atoms with E-state index in [-0.39, 0.29) is 11.7 Å². The second-order valence-corrected chi connectivity index (χ2v) is 7.18. The number of hydrogen-bond donors (Lipinski definition) is 2. The van der Waals surface area contributed by atoms with E-state index in [1.165, 1.54) is 11.1 Å². The number of methoxy groups -OCH3 is 1. The molecule has 1 unspecified atom stereocenters. The fraction of sp³-hybridized carbons (Fsp3) is 0.381. The third-order valence-corrected chi connectivity index (χ3v) is 5.72. The number of phenolic OH excluding ortho intramolecular Hbond substituents is 1. The second kappa shape index (κ2) is 6.65. The molecule has 2 heterocycles. The Hall–Kier alpha value is -2.53. The lowest BCUT2D eigenvalue weighted by Gasteiger charge is -2.36. The molecule has 1 saturated heterocycles. The number of phenols is 1. The highest BCUT2D eigenvalue weighted by atomic mass is 16.5. The van der Waals surface area contributed by atoms with Crippen molar-refractivity contribution >= 4 is 5.91 Å². The van der Waals surface area contributed by atoms with Crippen LogP contribution in [0.4, 0.5) is 0 Å². The summed E-state index contributed by atoms with van der Waals surface area (Å²) in [6.45, 7) is 2.09. The molecule has 5 heteroatoms. The van der Waals surface area contributed by atoms with Crippen molar-refractivity contribution in [1.82, 2.24) is 10.2 Å². The van der Waals surface area contributed by atoms with Gasteiger partial charge in [-0.1, -0.05) is 30.3 Å². The molecule has 1 amide bonds. The number of likely N-dealkylation sites (tertiary alicyclic amines) is 1. The molecule has 4 rings (SSSR count). The normalized spacial score (nSPS) is 22.7. The maximum atomic E-state index is 13.1. The zero-order valence-electron chi connectivity index (χ0n) is 15.0. The molecule has 1 fully saturated rings. The van der Waals surface area contributed by atoms with E-state index < -0.39 is 5.54 Å². The highest BCUT2D eigenvalue weighted by Gasteiger charge is 2.48. The smallest absolute Gasteiger partial charge is 0.241 e. The number of hydrogen-bond acceptors (Lipinski definition) is 4. The van der Waals surface area contributed by atoms with Crippen LogP contribution in [0.3, 0.4) is 0 Å². The highest BCUT2D eigenvalue weighted by molar-refractivity contribution is 5.87. The molecule has 1 atom stereocenters. The minimum atomic E-state index is -0.518. The average molecular weight is 352 g/mol. The van der Waals surface area contributed by atoms with Crippen molar-refractivity contribution < 1.29 is 14.6 Å². The average Bonchev–Trinajstić information content (AvgIpc) is 2.98. The van der Waals surface area contributed by atoms with Gasteiger partial charge >= 0.3 is 0 Å². The van der Waals surface area contributed by atoms with Crippen LogP contribution in [0.1, 0.15) is 29.5 Å². The SMILES string of the molecule is COc1cc(O)ccc1CN1CCCC12Cc1ccccc1CNC2=O. The zero-order valence-corrected chi connectivity index (χ0v) is 15.0. The van der Waals surface area contributed by atoms with Crippen LogP contribution in [0.15, 0.2) is 42.5 Å². The Balaban J connectivity index is 1.68. The summed E-state index contributed by atoms with van der Waals surface area (Å²) in [5, 5.41) is 12.8. The standard InChI is InChI=1S/C21H24N2O3/c1-26-19-11-18(24)8-7-17(19)14-23-10-4-9-21(23)12-15-5-2-3-6-16(15)13-22-20(21)25/h2-3,5-8,11,24H,4,9-10,12-14H2,1H3,(H,22,25). The summed E-state index contributed by atoms with van der Waals surface area (Å²) < 4.78 is 5.43. The van der Waals surface area contributed by atoms with Crippen molar-refractivity contribution in [3.05, 3.63) is 59.2 Å². The van der Waals surface area contributed by atoms with Crippen LogP contribution in [0.5, 0.6) is 11.5 Å². The fourth-order valence-corrected chi connectivity index (χ4v) is 4.33. The molecule has 2 N–H and O–H groups in total. The van der Waals surface area contributed by atoms with Gasteiger partial charge in [0.1, 0.15) is 17.0 Å². The molecule has 0 radical (unpaired) electrons. The molecule has 0 aromatic heterocycles. The van der Waals surface area contributed by atoms with E-state index in [1.807, 2.05) is 18.2 Å². The van der Waals surface area contributed by atoms with Crippen molar-refractivity contribution in [1.29, 1.82) is 0 Å². The van der Waals surface area contributed by atoms with Crippen LogP contribution in [0.25, 0.3) is 0 Å². The number of carbonyl (C=O) groups excluding carboxylic acids is 1. The number of aromatic hydroxyl groups is 1. The number of fused-ring (bicyclic) bond motifs is 1. The van der Waals surface area contributed by atoms with Gasteiger partial charge in [0.2, 0.25) is 5.91 Å². The van der Waals surface area contributed by atoms with Gasteiger partial charge in [-0.05, 0) is 36.6 Å². The molecule has 0 aliphatic carbocycles. The summed E-state index contributed by atoms with van der Waals surface area (Å²) in [4.78, 5) is 15.4. The van der Waals surface area contributed by atoms with Crippen molar-refractivity contribution in [2.45, 2.75) is 37.9 Å². The topological polar surface area (TPSA) is 61.8 Å². The summed E-state index contributed by atoms with van der Waals surface area (Å²) in [5.41, 5.74) is 2.91. The number of amides is 1. The zero-order chi connectivity index (χ0) is 18.1. The summed E-state index contributed by atoms with van der Waals surface area (Å²) >= 11 is 0. The minimum absolute atomic E-state index is 0.115. The number of carbonyl (C=O) groups is 1. The van der Waals surface area contributed by atoms with Gasteiger partial charge in [-0.3, -0.25) is 9.69 Å². The van der Waals surface area contributed by atoms with Crippen LogP contribution in [0, 0.1) is 0 Å². The molecule has 26 heavy (non-hydrogen) atoms. The lowest BCUT2D eigenvalue weighted by atomic mass is 9.86. The molecule has 2 aliphatic heterocycles. The summed E-state index contributed by atoms with van der Waals surface area (Å²) in [6, 6.07) is 13.5. The first-order valence-corrected chi connectivity index (χ1v) is 9.08. The predicted octanol–water partition coefficient (Wildman–Crippen LogP) is 2.61. The van der Waals surface area contributed by atoms with E-state index in [4.69, 9.17) is 4.74 Å². The number of benzene rings is 2. The van der Waals surface area contributed by atoms with E-state index in [9.17, 15) is 9.90 Å². The van der Waals surface area contributed by atoms with E-state index in [1.54, 1.807) is 19.2 Å². The molecule has 1 spiro atoms. The molecule has 5 nitrogen and oxygen atoms in total. The van der Waals surface area contributed by atoms with Crippen LogP contribution in [0.2, 0.25) is 0 Å². The van der Waals surface area contributed by atoms with Crippen LogP contribution >= 0.6 is 0 Å². The van der Waals surface area contributed by atoms with E-state index >= 15 is 0 Å². The third-order valence-electron chi connectivity index (χ3n) is 5.72. The molecule has 2 aromatic rings. The Morgan fingerprint density at radius 2 is 2.04 bits per heavy atom. The molecule has 0 saturated carbocycles. The van der Waals surface area contributed by atoms with Gasteiger partial charge in [0.25, 0.3) is 0 Å². The number of nitrogens with zero attached hydrogens (tertiary/aromatic N) is 1. The lowest BCUT2D eigenvalue weighted by Crippen LogP contribution is -2.55. The predicted molar refractivity (Wildman–Crippen MR) is 99.0 cm³/mol. The van der Waals surface area contributed by atoms with Crippen LogP contribution in [-0.2, 0) is 24.3 Å². The highest BCUT2D eigenvalue weighted by Crippen LogP contribution is 2.38. The van der Waals surface area contributed by atoms with Crippen molar-refractivity contribution in [3.8, 4) is 11.5 Å². The molecule has 0 bridgehead atoms. The number of rotatable bonds is 3. The quantitative estimate of drug-likeness (QED) is 0.891. The van der Waals surface area contributed by atoms with Gasteiger partial charge in [-0.15, -0.1) is 0 Å². The van der Waals surface area contributed by atoms with Gasteiger partial charge < -0.3 is 15.2 Å². The number of ether oxygens (including phenoxy) is 1. The van der Waals surface area contributed by atoms with Gasteiger partial charge in [0.15, 0.2) is 0 Å². The van der Waals surface area contributed by atoms with Crippen molar-refractivity contribution in [2.75, 3.05) is 13.7 Å². The van der Waals surface area contributed by atoms with Gasteiger partial charge in [0, 0.05) is 31.1 Å². The Kier molecular flexibility index (Phi) is 4.32. The second-order valence-electron chi connectivity index (χ2n) is 7.18. The fourth-order valence-electron chi connectivity index (χ4n) is 4.33. The summed E-state index contributed by atoms with van der Waals surface area (Å²) in [6.07, 6.45) is 2.58. The first kappa shape index (κ1) is 16.9. The van der Waals surface area contributed by atoms with Gasteiger partial charge in [-0.25, -0.2) is 0 Å². The summed E-state index contributed by atoms with van der Waals surface area (Å²) in [5.74, 6) is 0.952. The van der Waals surface area contributed by atoms with E-state index in [0.717, 1.165) is 31.4 Å². The third kappa shape index (κ3) is 2.82. The molecular weight excluding hydrogens is 328 g/mol.